The molecule has 1 rings (SSSR count). The van der Waals surface area contributed by atoms with Crippen LogP contribution in [-0.4, -0.2) is 29.3 Å². The van der Waals surface area contributed by atoms with Crippen molar-refractivity contribution in [3.05, 3.63) is 0 Å². The summed E-state index contributed by atoms with van der Waals surface area (Å²) in [5, 5.41) is 10.2. The Kier molecular flexibility index (Phi) is 2.50. The first kappa shape index (κ1) is 7.51. The van der Waals surface area contributed by atoms with Crippen LogP contribution in [0.4, 0.5) is 0 Å². The summed E-state index contributed by atoms with van der Waals surface area (Å²) in [6.07, 6.45) is 1.52. The molecular formula is C6H11BrO2. The Morgan fingerprint density at radius 2 is 2.00 bits per heavy atom. The molecule has 1 saturated heterocycles. The molecule has 1 aliphatic heterocycles. The molecule has 0 saturated carbocycles. The van der Waals surface area contributed by atoms with E-state index in [0.717, 1.165) is 12.8 Å². The Morgan fingerprint density at radius 1 is 1.44 bits per heavy atom. The van der Waals surface area contributed by atoms with Crippen LogP contribution in [0.25, 0.3) is 0 Å². The van der Waals surface area contributed by atoms with Crippen molar-refractivity contribution in [1.29, 1.82) is 0 Å². The lowest BCUT2D eigenvalue weighted by Crippen LogP contribution is -2.37. The van der Waals surface area contributed by atoms with Crippen LogP contribution >= 0.6 is 15.9 Å². The molecule has 0 aromatic heterocycles. The molecule has 54 valence electrons. The van der Waals surface area contributed by atoms with Gasteiger partial charge in [0, 0.05) is 31.4 Å². The summed E-state index contributed by atoms with van der Waals surface area (Å²) in [7, 11) is 0. The molecule has 0 bridgehead atoms. The number of halogens is 1. The van der Waals surface area contributed by atoms with Crippen LogP contribution in [0.1, 0.15) is 12.8 Å². The van der Waals surface area contributed by atoms with Crippen LogP contribution in [0.3, 0.4) is 0 Å². The van der Waals surface area contributed by atoms with Crippen molar-refractivity contribution in [2.24, 2.45) is 0 Å². The lowest BCUT2D eigenvalue weighted by Gasteiger charge is -2.29. The van der Waals surface area contributed by atoms with Crippen molar-refractivity contribution in [1.82, 2.24) is 0 Å². The van der Waals surface area contributed by atoms with Gasteiger partial charge in [-0.3, -0.25) is 0 Å². The van der Waals surface area contributed by atoms with Crippen molar-refractivity contribution >= 4 is 15.9 Å². The van der Waals surface area contributed by atoms with Gasteiger partial charge in [0.2, 0.25) is 0 Å². The van der Waals surface area contributed by atoms with Gasteiger partial charge in [0.05, 0.1) is 5.60 Å². The molecule has 0 radical (unpaired) electrons. The molecule has 2 nitrogen and oxygen atoms in total. The summed E-state index contributed by atoms with van der Waals surface area (Å²) in [6.45, 7) is 1.39. The Morgan fingerprint density at radius 3 is 2.33 bits per heavy atom. The van der Waals surface area contributed by atoms with E-state index in [9.17, 15) is 5.11 Å². The molecule has 1 fully saturated rings. The van der Waals surface area contributed by atoms with Gasteiger partial charge in [0.15, 0.2) is 0 Å². The van der Waals surface area contributed by atoms with E-state index in [1.54, 1.807) is 0 Å². The van der Waals surface area contributed by atoms with Gasteiger partial charge in [0.1, 0.15) is 0 Å². The summed E-state index contributed by atoms with van der Waals surface area (Å²) in [5.41, 5.74) is -0.488. The van der Waals surface area contributed by atoms with Gasteiger partial charge >= 0.3 is 0 Å². The predicted octanol–water partition coefficient (Wildman–Crippen LogP) is 0.923. The van der Waals surface area contributed by atoms with Crippen molar-refractivity contribution in [3.8, 4) is 0 Å². The summed E-state index contributed by atoms with van der Waals surface area (Å²) in [4.78, 5) is 0. The third-order valence-corrected chi connectivity index (χ3v) is 2.72. The van der Waals surface area contributed by atoms with Crippen molar-refractivity contribution in [2.75, 3.05) is 18.5 Å². The van der Waals surface area contributed by atoms with E-state index in [0.29, 0.717) is 18.5 Å². The quantitative estimate of drug-likeness (QED) is 0.630. The minimum Gasteiger partial charge on any atom is -0.389 e. The fourth-order valence-corrected chi connectivity index (χ4v) is 1.45. The number of alkyl halides is 1. The fraction of sp³-hybridized carbons (Fsp3) is 1.00. The largest absolute Gasteiger partial charge is 0.389 e. The van der Waals surface area contributed by atoms with Gasteiger partial charge in [-0.1, -0.05) is 15.9 Å². The number of ether oxygens (including phenoxy) is 1. The van der Waals surface area contributed by atoms with Crippen molar-refractivity contribution < 1.29 is 9.84 Å². The number of hydrogen-bond acceptors (Lipinski definition) is 2. The van der Waals surface area contributed by atoms with Crippen LogP contribution in [0.15, 0.2) is 0 Å². The summed E-state index contributed by atoms with van der Waals surface area (Å²) >= 11 is 3.26. The highest BCUT2D eigenvalue weighted by atomic mass is 79.9. The van der Waals surface area contributed by atoms with Crippen LogP contribution in [0.5, 0.6) is 0 Å². The zero-order valence-corrected chi connectivity index (χ0v) is 6.85. The van der Waals surface area contributed by atoms with Crippen LogP contribution in [0, 0.1) is 0 Å². The molecule has 0 atom stereocenters. The SMILES string of the molecule is OC1(CBr)CCOCC1. The minimum absolute atomic E-state index is 0.488. The number of rotatable bonds is 1. The normalized spacial score (nSPS) is 26.0. The van der Waals surface area contributed by atoms with E-state index in [4.69, 9.17) is 4.74 Å². The second-order valence-corrected chi connectivity index (χ2v) is 3.03. The molecule has 0 aromatic carbocycles. The van der Waals surface area contributed by atoms with E-state index in [2.05, 4.69) is 15.9 Å². The molecule has 1 N–H and O–H groups in total. The maximum atomic E-state index is 9.55. The van der Waals surface area contributed by atoms with Gasteiger partial charge in [-0.2, -0.15) is 0 Å². The molecule has 0 spiro atoms. The molecule has 1 heterocycles. The molecule has 0 aliphatic carbocycles. The Bertz CT molecular complexity index is 89.1. The van der Waals surface area contributed by atoms with Gasteiger partial charge in [-0.25, -0.2) is 0 Å². The molecule has 9 heavy (non-hydrogen) atoms. The highest BCUT2D eigenvalue weighted by molar-refractivity contribution is 9.09. The average Bonchev–Trinajstić information content (AvgIpc) is 1.90. The predicted molar refractivity (Wildman–Crippen MR) is 38.8 cm³/mol. The fourth-order valence-electron chi connectivity index (χ4n) is 0.885. The van der Waals surface area contributed by atoms with E-state index in [1.807, 2.05) is 0 Å². The highest BCUT2D eigenvalue weighted by Gasteiger charge is 2.27. The van der Waals surface area contributed by atoms with E-state index in [-0.39, 0.29) is 0 Å². The van der Waals surface area contributed by atoms with Crippen LogP contribution in [0.2, 0.25) is 0 Å². The van der Waals surface area contributed by atoms with Gasteiger partial charge in [-0.15, -0.1) is 0 Å². The van der Waals surface area contributed by atoms with E-state index in [1.165, 1.54) is 0 Å². The second kappa shape index (κ2) is 2.99. The first-order chi connectivity index (χ1) is 4.27. The Labute approximate surface area is 63.3 Å². The zero-order valence-electron chi connectivity index (χ0n) is 5.27. The van der Waals surface area contributed by atoms with Gasteiger partial charge in [0.25, 0.3) is 0 Å². The van der Waals surface area contributed by atoms with Crippen LogP contribution < -0.4 is 0 Å². The minimum atomic E-state index is -0.488. The molecule has 1 aliphatic rings. The number of aliphatic hydroxyl groups is 1. The standard InChI is InChI=1S/C6H11BrO2/c7-5-6(8)1-3-9-4-2-6/h8H,1-5H2. The maximum absolute atomic E-state index is 9.55. The molecule has 3 heteroatoms. The van der Waals surface area contributed by atoms with Crippen LogP contribution in [-0.2, 0) is 4.74 Å². The molecule has 0 aromatic rings. The van der Waals surface area contributed by atoms with Crippen molar-refractivity contribution in [3.63, 3.8) is 0 Å². The maximum Gasteiger partial charge on any atom is 0.0787 e. The highest BCUT2D eigenvalue weighted by Crippen LogP contribution is 2.21. The Hall–Kier alpha value is 0.400. The van der Waals surface area contributed by atoms with Gasteiger partial charge in [-0.05, 0) is 0 Å². The van der Waals surface area contributed by atoms with Gasteiger partial charge < -0.3 is 9.84 Å². The number of hydrogen-bond donors (Lipinski definition) is 1. The molecule has 0 unspecified atom stereocenters. The molecular weight excluding hydrogens is 184 g/mol. The summed E-state index contributed by atoms with van der Waals surface area (Å²) in [5.74, 6) is 0. The lowest BCUT2D eigenvalue weighted by atomic mass is 9.97. The Balaban J connectivity index is 2.37. The first-order valence-electron chi connectivity index (χ1n) is 3.13. The topological polar surface area (TPSA) is 29.5 Å². The third-order valence-electron chi connectivity index (χ3n) is 1.67. The first-order valence-corrected chi connectivity index (χ1v) is 4.25. The van der Waals surface area contributed by atoms with E-state index >= 15 is 0 Å². The zero-order chi connectivity index (χ0) is 6.74. The van der Waals surface area contributed by atoms with E-state index < -0.39 is 5.60 Å². The molecule has 0 amide bonds. The monoisotopic (exact) mass is 194 g/mol. The summed E-state index contributed by atoms with van der Waals surface area (Å²) < 4.78 is 5.09. The third kappa shape index (κ3) is 1.92. The smallest absolute Gasteiger partial charge is 0.0787 e. The van der Waals surface area contributed by atoms with Crippen molar-refractivity contribution in [2.45, 2.75) is 18.4 Å². The average molecular weight is 195 g/mol. The lowest BCUT2D eigenvalue weighted by molar-refractivity contribution is -0.0469. The summed E-state index contributed by atoms with van der Waals surface area (Å²) in [6, 6.07) is 0. The second-order valence-electron chi connectivity index (χ2n) is 2.47.